The van der Waals surface area contributed by atoms with Gasteiger partial charge in [-0.3, -0.25) is 0 Å². The number of carboxylic acids is 1. The number of anilines is 2. The molecule has 4 N–H and O–H groups in total. The maximum atomic E-state index is 13.5. The molecular weight excluding hydrogens is 251 g/mol. The Morgan fingerprint density at radius 3 is 3.00 bits per heavy atom. The third kappa shape index (κ3) is 3.35. The lowest BCUT2D eigenvalue weighted by Crippen LogP contribution is -2.11. The zero-order valence-corrected chi connectivity index (χ0v) is 10.5. The van der Waals surface area contributed by atoms with E-state index in [0.717, 1.165) is 38.2 Å². The minimum atomic E-state index is -1.32. The molecule has 104 valence electrons. The summed E-state index contributed by atoms with van der Waals surface area (Å²) in [5.74, 6) is -1.58. The highest BCUT2D eigenvalue weighted by Gasteiger charge is 2.16. The van der Waals surface area contributed by atoms with E-state index in [0.29, 0.717) is 18.2 Å². The lowest BCUT2D eigenvalue weighted by atomic mass is 10.1. The molecule has 0 spiro atoms. The Hall–Kier alpha value is -1.82. The Labute approximate surface area is 110 Å². The van der Waals surface area contributed by atoms with Crippen LogP contribution in [0, 0.1) is 11.7 Å². The van der Waals surface area contributed by atoms with Crippen LogP contribution in [0.15, 0.2) is 12.1 Å². The summed E-state index contributed by atoms with van der Waals surface area (Å²) in [5.41, 5.74) is 5.96. The van der Waals surface area contributed by atoms with E-state index in [4.69, 9.17) is 15.6 Å². The number of halogens is 1. The summed E-state index contributed by atoms with van der Waals surface area (Å²) in [7, 11) is 0. The Morgan fingerprint density at radius 1 is 1.58 bits per heavy atom. The summed E-state index contributed by atoms with van der Waals surface area (Å²) < 4.78 is 18.8. The topological polar surface area (TPSA) is 84.6 Å². The van der Waals surface area contributed by atoms with Crippen molar-refractivity contribution in [2.75, 3.05) is 30.8 Å². The van der Waals surface area contributed by atoms with Gasteiger partial charge < -0.3 is 20.9 Å². The molecule has 1 aromatic carbocycles. The average Bonchev–Trinajstić information content (AvgIpc) is 2.85. The molecule has 0 aromatic heterocycles. The van der Waals surface area contributed by atoms with Gasteiger partial charge in [0.15, 0.2) is 0 Å². The van der Waals surface area contributed by atoms with Crippen molar-refractivity contribution in [3.8, 4) is 0 Å². The van der Waals surface area contributed by atoms with Crippen LogP contribution in [0.4, 0.5) is 15.8 Å². The van der Waals surface area contributed by atoms with Gasteiger partial charge in [-0.15, -0.1) is 0 Å². The number of ether oxygens (including phenoxy) is 1. The number of nitrogens with two attached hydrogens (primary N) is 1. The third-order valence-corrected chi connectivity index (χ3v) is 3.26. The van der Waals surface area contributed by atoms with Gasteiger partial charge in [-0.2, -0.15) is 0 Å². The van der Waals surface area contributed by atoms with E-state index in [9.17, 15) is 9.18 Å². The highest BCUT2D eigenvalue weighted by atomic mass is 19.1. The first-order valence-electron chi connectivity index (χ1n) is 6.22. The van der Waals surface area contributed by atoms with Crippen LogP contribution in [0.2, 0.25) is 0 Å². The fourth-order valence-corrected chi connectivity index (χ4v) is 2.13. The van der Waals surface area contributed by atoms with Crippen molar-refractivity contribution in [3.63, 3.8) is 0 Å². The highest BCUT2D eigenvalue weighted by molar-refractivity contribution is 5.90. The molecule has 0 bridgehead atoms. The molecule has 0 radical (unpaired) electrons. The van der Waals surface area contributed by atoms with Crippen LogP contribution in [0.3, 0.4) is 0 Å². The standard InChI is InChI=1S/C13H17FN2O3/c14-10-6-12(11(15)5-9(10)13(17)18)16-3-1-8-2-4-19-7-8/h5-6,8,16H,1-4,7,15H2,(H,17,18). The van der Waals surface area contributed by atoms with E-state index in [1.165, 1.54) is 0 Å². The second kappa shape index (κ2) is 5.88. The molecule has 1 unspecified atom stereocenters. The van der Waals surface area contributed by atoms with E-state index in [1.807, 2.05) is 0 Å². The second-order valence-corrected chi connectivity index (χ2v) is 4.67. The van der Waals surface area contributed by atoms with Crippen LogP contribution >= 0.6 is 0 Å². The summed E-state index contributed by atoms with van der Waals surface area (Å²) in [4.78, 5) is 10.7. The SMILES string of the molecule is Nc1cc(C(=O)O)c(F)cc1NCCC1CCOC1. The van der Waals surface area contributed by atoms with Crippen molar-refractivity contribution in [2.24, 2.45) is 5.92 Å². The number of hydrogen-bond donors (Lipinski definition) is 3. The minimum Gasteiger partial charge on any atom is -0.478 e. The number of nitrogens with one attached hydrogen (secondary N) is 1. The van der Waals surface area contributed by atoms with Crippen LogP contribution < -0.4 is 11.1 Å². The predicted octanol–water partition coefficient (Wildman–Crippen LogP) is 1.94. The number of rotatable bonds is 5. The van der Waals surface area contributed by atoms with Crippen LogP contribution in [0.1, 0.15) is 23.2 Å². The number of aromatic carboxylic acids is 1. The number of carbonyl (C=O) groups is 1. The summed E-state index contributed by atoms with van der Waals surface area (Å²) in [5, 5.41) is 11.8. The maximum Gasteiger partial charge on any atom is 0.338 e. The summed E-state index contributed by atoms with van der Waals surface area (Å²) >= 11 is 0. The van der Waals surface area contributed by atoms with Crippen molar-refractivity contribution >= 4 is 17.3 Å². The second-order valence-electron chi connectivity index (χ2n) is 4.67. The average molecular weight is 268 g/mol. The highest BCUT2D eigenvalue weighted by Crippen LogP contribution is 2.24. The number of benzene rings is 1. The van der Waals surface area contributed by atoms with E-state index < -0.39 is 17.3 Å². The van der Waals surface area contributed by atoms with E-state index >= 15 is 0 Å². The molecule has 5 nitrogen and oxygen atoms in total. The van der Waals surface area contributed by atoms with Gasteiger partial charge in [-0.25, -0.2) is 9.18 Å². The van der Waals surface area contributed by atoms with Crippen molar-refractivity contribution < 1.29 is 19.0 Å². The molecule has 0 saturated carbocycles. The van der Waals surface area contributed by atoms with Gasteiger partial charge in [0.25, 0.3) is 0 Å². The van der Waals surface area contributed by atoms with Gasteiger partial charge in [-0.1, -0.05) is 0 Å². The molecule has 19 heavy (non-hydrogen) atoms. The molecule has 1 aliphatic heterocycles. The van der Waals surface area contributed by atoms with Crippen LogP contribution in [-0.2, 0) is 4.74 Å². The third-order valence-electron chi connectivity index (χ3n) is 3.26. The monoisotopic (exact) mass is 268 g/mol. The number of nitrogen functional groups attached to an aromatic ring is 1. The zero-order valence-electron chi connectivity index (χ0n) is 10.5. The van der Waals surface area contributed by atoms with E-state index in [1.54, 1.807) is 0 Å². The van der Waals surface area contributed by atoms with Gasteiger partial charge in [0.1, 0.15) is 5.82 Å². The molecule has 1 atom stereocenters. The maximum absolute atomic E-state index is 13.5. The molecule has 1 saturated heterocycles. The first-order chi connectivity index (χ1) is 9.08. The molecule has 1 aromatic rings. The van der Waals surface area contributed by atoms with Crippen molar-refractivity contribution in [1.82, 2.24) is 0 Å². The van der Waals surface area contributed by atoms with Gasteiger partial charge in [0, 0.05) is 19.8 Å². The Kier molecular flexibility index (Phi) is 4.21. The Bertz CT molecular complexity index is 473. The van der Waals surface area contributed by atoms with Gasteiger partial charge in [0.2, 0.25) is 0 Å². The van der Waals surface area contributed by atoms with Crippen molar-refractivity contribution in [2.45, 2.75) is 12.8 Å². The zero-order chi connectivity index (χ0) is 13.8. The lowest BCUT2D eigenvalue weighted by Gasteiger charge is -2.12. The molecule has 2 rings (SSSR count). The van der Waals surface area contributed by atoms with Crippen LogP contribution in [0.25, 0.3) is 0 Å². The molecule has 1 heterocycles. The quantitative estimate of drug-likeness (QED) is 0.711. The smallest absolute Gasteiger partial charge is 0.338 e. The number of carboxylic acid groups (broad SMARTS) is 1. The molecule has 1 aliphatic rings. The normalized spacial score (nSPS) is 18.5. The lowest BCUT2D eigenvalue weighted by molar-refractivity contribution is 0.0692. The molecule has 0 amide bonds. The molecule has 1 fully saturated rings. The van der Waals surface area contributed by atoms with Crippen molar-refractivity contribution in [3.05, 3.63) is 23.5 Å². The summed E-state index contributed by atoms with van der Waals surface area (Å²) in [6.45, 7) is 2.22. The first kappa shape index (κ1) is 13.6. The number of hydrogen-bond acceptors (Lipinski definition) is 4. The predicted molar refractivity (Wildman–Crippen MR) is 69.8 cm³/mol. The molecule has 0 aliphatic carbocycles. The first-order valence-corrected chi connectivity index (χ1v) is 6.22. The van der Waals surface area contributed by atoms with Crippen molar-refractivity contribution in [1.29, 1.82) is 0 Å². The summed E-state index contributed by atoms with van der Waals surface area (Å²) in [6, 6.07) is 2.27. The van der Waals surface area contributed by atoms with Crippen LogP contribution in [0.5, 0.6) is 0 Å². The van der Waals surface area contributed by atoms with Crippen LogP contribution in [-0.4, -0.2) is 30.8 Å². The largest absolute Gasteiger partial charge is 0.478 e. The van der Waals surface area contributed by atoms with E-state index in [2.05, 4.69) is 5.32 Å². The van der Waals surface area contributed by atoms with Gasteiger partial charge in [0.05, 0.1) is 16.9 Å². The van der Waals surface area contributed by atoms with E-state index in [-0.39, 0.29) is 5.69 Å². The fraction of sp³-hybridized carbons (Fsp3) is 0.462. The molecule has 6 heteroatoms. The fourth-order valence-electron chi connectivity index (χ4n) is 2.13. The minimum absolute atomic E-state index is 0.237. The Balaban J connectivity index is 1.96. The summed E-state index contributed by atoms with van der Waals surface area (Å²) in [6.07, 6.45) is 1.96. The molecular formula is C13H17FN2O3. The Morgan fingerprint density at radius 2 is 2.37 bits per heavy atom. The van der Waals surface area contributed by atoms with Gasteiger partial charge in [-0.05, 0) is 30.9 Å². The van der Waals surface area contributed by atoms with Gasteiger partial charge >= 0.3 is 5.97 Å².